The quantitative estimate of drug-likeness (QED) is 0.807. The van der Waals surface area contributed by atoms with E-state index in [1.807, 2.05) is 6.07 Å². The fraction of sp³-hybridized carbons (Fsp3) is 0.125. The van der Waals surface area contributed by atoms with Gasteiger partial charge in [0.05, 0.1) is 22.8 Å². The van der Waals surface area contributed by atoms with E-state index in [1.165, 1.54) is 0 Å². The highest BCUT2D eigenvalue weighted by Crippen LogP contribution is 2.29. The van der Waals surface area contributed by atoms with Gasteiger partial charge in [-0.3, -0.25) is 0 Å². The number of esters is 1. The van der Waals surface area contributed by atoms with Gasteiger partial charge in [-0.15, -0.1) is 0 Å². The van der Waals surface area contributed by atoms with Gasteiger partial charge in [-0.1, -0.05) is 18.2 Å². The Morgan fingerprint density at radius 1 is 1.09 bits per heavy atom. The second-order valence-corrected chi connectivity index (χ2v) is 4.42. The van der Waals surface area contributed by atoms with Crippen LogP contribution in [0.15, 0.2) is 48.5 Å². The van der Waals surface area contributed by atoms with Crippen LogP contribution < -0.4 is 0 Å². The number of benzene rings is 2. The fourth-order valence-corrected chi connectivity index (χ4v) is 1.78. The number of halogens is 3. The first-order valence-corrected chi connectivity index (χ1v) is 6.24. The predicted molar refractivity (Wildman–Crippen MR) is 71.7 cm³/mol. The molecule has 6 heteroatoms. The highest BCUT2D eigenvalue weighted by Gasteiger charge is 2.30. The van der Waals surface area contributed by atoms with Gasteiger partial charge < -0.3 is 4.74 Å². The van der Waals surface area contributed by atoms with Crippen LogP contribution in [-0.2, 0) is 17.5 Å². The van der Waals surface area contributed by atoms with Gasteiger partial charge in [0.25, 0.3) is 0 Å². The van der Waals surface area contributed by atoms with Gasteiger partial charge in [0, 0.05) is 5.56 Å². The fourth-order valence-electron chi connectivity index (χ4n) is 1.78. The van der Waals surface area contributed by atoms with Crippen LogP contribution in [0.25, 0.3) is 0 Å². The largest absolute Gasteiger partial charge is 0.457 e. The van der Waals surface area contributed by atoms with Gasteiger partial charge >= 0.3 is 12.1 Å². The van der Waals surface area contributed by atoms with E-state index in [0.717, 1.165) is 24.3 Å². The Morgan fingerprint density at radius 2 is 1.73 bits per heavy atom. The molecule has 2 rings (SSSR count). The van der Waals surface area contributed by atoms with Crippen LogP contribution in [0.5, 0.6) is 0 Å². The minimum atomic E-state index is -4.45. The Labute approximate surface area is 124 Å². The van der Waals surface area contributed by atoms with Crippen molar-refractivity contribution < 1.29 is 22.7 Å². The molecule has 3 nitrogen and oxygen atoms in total. The topological polar surface area (TPSA) is 50.1 Å². The minimum Gasteiger partial charge on any atom is -0.457 e. The minimum absolute atomic E-state index is 0.0161. The molecular formula is C16H10F3NO2. The summed E-state index contributed by atoms with van der Waals surface area (Å²) in [5.74, 6) is -0.749. The van der Waals surface area contributed by atoms with Crippen LogP contribution in [-0.4, -0.2) is 5.97 Å². The van der Waals surface area contributed by atoms with Gasteiger partial charge in [0.2, 0.25) is 0 Å². The standard InChI is InChI=1S/C16H10F3NO2/c17-16(18,19)14-7-5-11(6-8-14)15(21)22-10-13-4-2-1-3-12(13)9-20/h1-8H,10H2. The molecule has 0 spiro atoms. The van der Waals surface area contributed by atoms with E-state index in [2.05, 4.69) is 0 Å². The number of rotatable bonds is 3. The molecule has 0 radical (unpaired) electrons. The Kier molecular flexibility index (Phi) is 4.47. The molecule has 112 valence electrons. The molecule has 0 bridgehead atoms. The molecule has 0 heterocycles. The third-order valence-corrected chi connectivity index (χ3v) is 2.94. The number of nitrogens with zero attached hydrogens (tertiary/aromatic N) is 1. The van der Waals surface area contributed by atoms with Crippen LogP contribution in [0.3, 0.4) is 0 Å². The molecule has 0 N–H and O–H groups in total. The van der Waals surface area contributed by atoms with Crippen molar-refractivity contribution in [1.29, 1.82) is 5.26 Å². The van der Waals surface area contributed by atoms with Gasteiger partial charge in [-0.2, -0.15) is 18.4 Å². The second kappa shape index (κ2) is 6.31. The molecule has 0 saturated heterocycles. The Morgan fingerprint density at radius 3 is 2.32 bits per heavy atom. The van der Waals surface area contributed by atoms with E-state index in [0.29, 0.717) is 11.1 Å². The molecule has 0 unspecified atom stereocenters. The van der Waals surface area contributed by atoms with Crippen molar-refractivity contribution in [3.63, 3.8) is 0 Å². The first-order chi connectivity index (χ1) is 10.4. The number of carbonyl (C=O) groups is 1. The van der Waals surface area contributed by atoms with E-state index >= 15 is 0 Å². The molecule has 22 heavy (non-hydrogen) atoms. The zero-order valence-electron chi connectivity index (χ0n) is 11.2. The Balaban J connectivity index is 2.05. The van der Waals surface area contributed by atoms with Crippen LogP contribution in [0, 0.1) is 11.3 Å². The molecule has 0 aliphatic carbocycles. The van der Waals surface area contributed by atoms with Gasteiger partial charge in [-0.05, 0) is 30.3 Å². The second-order valence-electron chi connectivity index (χ2n) is 4.42. The monoisotopic (exact) mass is 305 g/mol. The molecule has 0 aromatic heterocycles. The highest BCUT2D eigenvalue weighted by molar-refractivity contribution is 5.89. The van der Waals surface area contributed by atoms with Crippen molar-refractivity contribution in [3.05, 3.63) is 70.8 Å². The van der Waals surface area contributed by atoms with Crippen molar-refractivity contribution in [2.24, 2.45) is 0 Å². The van der Waals surface area contributed by atoms with Gasteiger partial charge in [-0.25, -0.2) is 4.79 Å². The summed E-state index contributed by atoms with van der Waals surface area (Å²) >= 11 is 0. The summed E-state index contributed by atoms with van der Waals surface area (Å²) in [5.41, 5.74) is 0.0919. The summed E-state index contributed by atoms with van der Waals surface area (Å²) in [6, 6.07) is 12.3. The molecule has 2 aromatic rings. The van der Waals surface area contributed by atoms with Crippen LogP contribution >= 0.6 is 0 Å². The lowest BCUT2D eigenvalue weighted by molar-refractivity contribution is -0.137. The number of ether oxygens (including phenoxy) is 1. The van der Waals surface area contributed by atoms with E-state index in [4.69, 9.17) is 10.00 Å². The molecule has 0 amide bonds. The van der Waals surface area contributed by atoms with Crippen molar-refractivity contribution in [3.8, 4) is 6.07 Å². The third-order valence-electron chi connectivity index (χ3n) is 2.94. The molecule has 0 atom stereocenters. The third kappa shape index (κ3) is 3.64. The lowest BCUT2D eigenvalue weighted by Crippen LogP contribution is -2.08. The summed E-state index contributed by atoms with van der Waals surface area (Å²) < 4.78 is 42.3. The Hall–Kier alpha value is -2.81. The average molecular weight is 305 g/mol. The normalized spacial score (nSPS) is 10.8. The zero-order valence-corrected chi connectivity index (χ0v) is 11.2. The molecular weight excluding hydrogens is 295 g/mol. The number of alkyl halides is 3. The van der Waals surface area contributed by atoms with E-state index < -0.39 is 17.7 Å². The zero-order chi connectivity index (χ0) is 16.2. The predicted octanol–water partition coefficient (Wildman–Crippen LogP) is 3.93. The van der Waals surface area contributed by atoms with Crippen molar-refractivity contribution >= 4 is 5.97 Å². The lowest BCUT2D eigenvalue weighted by atomic mass is 10.1. The molecule has 2 aromatic carbocycles. The summed E-state index contributed by atoms with van der Waals surface area (Å²) in [6.07, 6.45) is -4.45. The number of nitriles is 1. The van der Waals surface area contributed by atoms with Gasteiger partial charge in [0.15, 0.2) is 0 Å². The summed E-state index contributed by atoms with van der Waals surface area (Å²) in [5, 5.41) is 8.91. The maximum absolute atomic E-state index is 12.4. The number of hydrogen-bond donors (Lipinski definition) is 0. The molecule has 0 aliphatic rings. The summed E-state index contributed by atoms with van der Waals surface area (Å²) in [6.45, 7) is -0.121. The summed E-state index contributed by atoms with van der Waals surface area (Å²) in [4.78, 5) is 11.8. The van der Waals surface area contributed by atoms with Gasteiger partial charge in [0.1, 0.15) is 6.61 Å². The molecule has 0 aliphatic heterocycles. The number of hydrogen-bond acceptors (Lipinski definition) is 3. The maximum Gasteiger partial charge on any atom is 0.416 e. The average Bonchev–Trinajstić information content (AvgIpc) is 2.52. The van der Waals surface area contributed by atoms with E-state index in [-0.39, 0.29) is 12.2 Å². The van der Waals surface area contributed by atoms with E-state index in [1.54, 1.807) is 24.3 Å². The maximum atomic E-state index is 12.4. The molecule has 0 fully saturated rings. The summed E-state index contributed by atoms with van der Waals surface area (Å²) in [7, 11) is 0. The van der Waals surface area contributed by atoms with E-state index in [9.17, 15) is 18.0 Å². The number of carbonyl (C=O) groups excluding carboxylic acids is 1. The van der Waals surface area contributed by atoms with Crippen LogP contribution in [0.2, 0.25) is 0 Å². The lowest BCUT2D eigenvalue weighted by Gasteiger charge is -2.08. The molecule has 0 saturated carbocycles. The first kappa shape index (κ1) is 15.6. The van der Waals surface area contributed by atoms with Crippen molar-refractivity contribution in [1.82, 2.24) is 0 Å². The van der Waals surface area contributed by atoms with Crippen LogP contribution in [0.1, 0.15) is 27.0 Å². The Bertz CT molecular complexity index is 715. The van der Waals surface area contributed by atoms with Crippen LogP contribution in [0.4, 0.5) is 13.2 Å². The first-order valence-electron chi connectivity index (χ1n) is 6.24. The highest BCUT2D eigenvalue weighted by atomic mass is 19.4. The van der Waals surface area contributed by atoms with Crippen molar-refractivity contribution in [2.75, 3.05) is 0 Å². The smallest absolute Gasteiger partial charge is 0.416 e. The SMILES string of the molecule is N#Cc1ccccc1COC(=O)c1ccc(C(F)(F)F)cc1. The van der Waals surface area contributed by atoms with Crippen molar-refractivity contribution in [2.45, 2.75) is 12.8 Å².